The summed E-state index contributed by atoms with van der Waals surface area (Å²) >= 11 is 0. The Morgan fingerprint density at radius 1 is 1.55 bits per heavy atom. The normalized spacial score (nSPS) is 12.1. The molecule has 0 saturated heterocycles. The van der Waals surface area contributed by atoms with Crippen LogP contribution in [-0.4, -0.2) is 31.6 Å². The summed E-state index contributed by atoms with van der Waals surface area (Å²) in [5.41, 5.74) is 5.82. The Morgan fingerprint density at radius 3 is 2.45 bits per heavy atom. The van der Waals surface area contributed by atoms with E-state index in [0.29, 0.717) is 0 Å². The molecule has 0 aromatic rings. The van der Waals surface area contributed by atoms with E-state index in [1.165, 1.54) is 0 Å². The highest BCUT2D eigenvalue weighted by Crippen LogP contribution is 2.13. The maximum absolute atomic E-state index is 5.60. The summed E-state index contributed by atoms with van der Waals surface area (Å²) in [6.07, 6.45) is 1.91. The first-order valence-corrected chi connectivity index (χ1v) is 4.01. The summed E-state index contributed by atoms with van der Waals surface area (Å²) in [7, 11) is 2.08. The van der Waals surface area contributed by atoms with Crippen molar-refractivity contribution in [3.05, 3.63) is 12.7 Å². The van der Waals surface area contributed by atoms with Gasteiger partial charge in [-0.2, -0.15) is 0 Å². The standard InChI is InChI=1S/C9H20N2/c1-5-6-11(4)8-9(2,3)7-10/h5H,1,6-8,10H2,2-4H3. The second kappa shape index (κ2) is 4.52. The van der Waals surface area contributed by atoms with Gasteiger partial charge in [0.15, 0.2) is 0 Å². The molecule has 0 atom stereocenters. The Hall–Kier alpha value is -0.340. The topological polar surface area (TPSA) is 29.3 Å². The predicted octanol–water partition coefficient (Wildman–Crippen LogP) is 1.09. The van der Waals surface area contributed by atoms with Crippen molar-refractivity contribution in [2.75, 3.05) is 26.7 Å². The number of nitrogens with two attached hydrogens (primary N) is 1. The van der Waals surface area contributed by atoms with Crippen molar-refractivity contribution in [3.8, 4) is 0 Å². The molecule has 0 amide bonds. The van der Waals surface area contributed by atoms with E-state index in [4.69, 9.17) is 5.73 Å². The third kappa shape index (κ3) is 4.99. The minimum absolute atomic E-state index is 0.220. The van der Waals surface area contributed by atoms with Crippen molar-refractivity contribution < 1.29 is 0 Å². The summed E-state index contributed by atoms with van der Waals surface area (Å²) in [6.45, 7) is 10.7. The Kier molecular flexibility index (Phi) is 4.38. The van der Waals surface area contributed by atoms with Crippen LogP contribution in [0.4, 0.5) is 0 Å². The van der Waals surface area contributed by atoms with Gasteiger partial charge in [-0.05, 0) is 19.0 Å². The molecular weight excluding hydrogens is 136 g/mol. The van der Waals surface area contributed by atoms with E-state index < -0.39 is 0 Å². The highest BCUT2D eigenvalue weighted by molar-refractivity contribution is 4.77. The zero-order valence-corrected chi connectivity index (χ0v) is 7.93. The first kappa shape index (κ1) is 10.7. The van der Waals surface area contributed by atoms with Crippen molar-refractivity contribution in [2.24, 2.45) is 11.1 Å². The van der Waals surface area contributed by atoms with E-state index in [2.05, 4.69) is 32.4 Å². The molecule has 0 saturated carbocycles. The summed E-state index contributed by atoms with van der Waals surface area (Å²) in [5, 5.41) is 0. The quantitative estimate of drug-likeness (QED) is 0.604. The first-order valence-electron chi connectivity index (χ1n) is 4.01. The lowest BCUT2D eigenvalue weighted by Crippen LogP contribution is -2.36. The van der Waals surface area contributed by atoms with Gasteiger partial charge in [-0.15, -0.1) is 6.58 Å². The van der Waals surface area contributed by atoms with Crippen molar-refractivity contribution >= 4 is 0 Å². The van der Waals surface area contributed by atoms with E-state index >= 15 is 0 Å². The predicted molar refractivity (Wildman–Crippen MR) is 50.5 cm³/mol. The largest absolute Gasteiger partial charge is 0.330 e. The van der Waals surface area contributed by atoms with E-state index in [0.717, 1.165) is 19.6 Å². The zero-order chi connectivity index (χ0) is 8.91. The van der Waals surface area contributed by atoms with Crippen molar-refractivity contribution in [2.45, 2.75) is 13.8 Å². The average Bonchev–Trinajstić information content (AvgIpc) is 1.87. The average molecular weight is 156 g/mol. The molecule has 2 heteroatoms. The monoisotopic (exact) mass is 156 g/mol. The summed E-state index contributed by atoms with van der Waals surface area (Å²) in [4.78, 5) is 2.22. The fraction of sp³-hybridized carbons (Fsp3) is 0.778. The van der Waals surface area contributed by atoms with Gasteiger partial charge in [0, 0.05) is 13.1 Å². The Labute approximate surface area is 70.1 Å². The second-order valence-electron chi connectivity index (χ2n) is 3.85. The van der Waals surface area contributed by atoms with Gasteiger partial charge in [0.25, 0.3) is 0 Å². The lowest BCUT2D eigenvalue weighted by molar-refractivity contribution is 0.231. The van der Waals surface area contributed by atoms with Crippen LogP contribution in [0.1, 0.15) is 13.8 Å². The van der Waals surface area contributed by atoms with Crippen molar-refractivity contribution in [1.29, 1.82) is 0 Å². The molecule has 0 fully saturated rings. The molecule has 0 rings (SSSR count). The zero-order valence-electron chi connectivity index (χ0n) is 7.93. The molecule has 11 heavy (non-hydrogen) atoms. The molecule has 0 spiro atoms. The number of rotatable bonds is 5. The number of likely N-dealkylation sites (N-methyl/N-ethyl adjacent to an activating group) is 1. The van der Waals surface area contributed by atoms with E-state index in [1.54, 1.807) is 0 Å². The van der Waals surface area contributed by atoms with Crippen LogP contribution in [0.25, 0.3) is 0 Å². The van der Waals surface area contributed by atoms with Crippen molar-refractivity contribution in [1.82, 2.24) is 4.90 Å². The van der Waals surface area contributed by atoms with Crippen LogP contribution in [0.5, 0.6) is 0 Å². The molecule has 0 aliphatic rings. The minimum atomic E-state index is 0.220. The van der Waals surface area contributed by atoms with Gasteiger partial charge in [0.1, 0.15) is 0 Å². The molecule has 0 radical (unpaired) electrons. The smallest absolute Gasteiger partial charge is 0.0157 e. The minimum Gasteiger partial charge on any atom is -0.330 e. The van der Waals surface area contributed by atoms with Gasteiger partial charge >= 0.3 is 0 Å². The molecule has 0 aromatic heterocycles. The molecule has 0 aliphatic carbocycles. The highest BCUT2D eigenvalue weighted by Gasteiger charge is 2.16. The molecule has 0 bridgehead atoms. The number of nitrogens with zero attached hydrogens (tertiary/aromatic N) is 1. The van der Waals surface area contributed by atoms with Crippen LogP contribution >= 0.6 is 0 Å². The van der Waals surface area contributed by atoms with Crippen molar-refractivity contribution in [3.63, 3.8) is 0 Å². The molecular formula is C9H20N2. The number of hydrogen-bond donors (Lipinski definition) is 1. The van der Waals surface area contributed by atoms with E-state index in [9.17, 15) is 0 Å². The maximum Gasteiger partial charge on any atom is 0.0157 e. The molecule has 2 nitrogen and oxygen atoms in total. The van der Waals surface area contributed by atoms with Crippen LogP contribution in [-0.2, 0) is 0 Å². The molecule has 66 valence electrons. The summed E-state index contributed by atoms with van der Waals surface area (Å²) < 4.78 is 0. The third-order valence-corrected chi connectivity index (χ3v) is 1.69. The fourth-order valence-electron chi connectivity index (χ4n) is 1.08. The Bertz CT molecular complexity index is 119. The summed E-state index contributed by atoms with van der Waals surface area (Å²) in [6, 6.07) is 0. The maximum atomic E-state index is 5.60. The Balaban J connectivity index is 3.72. The van der Waals surface area contributed by atoms with Gasteiger partial charge < -0.3 is 10.6 Å². The van der Waals surface area contributed by atoms with Gasteiger partial charge in [-0.25, -0.2) is 0 Å². The van der Waals surface area contributed by atoms with E-state index in [1.807, 2.05) is 6.08 Å². The van der Waals surface area contributed by atoms with Crippen LogP contribution in [0.2, 0.25) is 0 Å². The van der Waals surface area contributed by atoms with Gasteiger partial charge in [0.05, 0.1) is 0 Å². The fourth-order valence-corrected chi connectivity index (χ4v) is 1.08. The highest BCUT2D eigenvalue weighted by atomic mass is 15.1. The molecule has 0 heterocycles. The lowest BCUT2D eigenvalue weighted by atomic mass is 9.93. The van der Waals surface area contributed by atoms with Gasteiger partial charge in [-0.1, -0.05) is 19.9 Å². The Morgan fingerprint density at radius 2 is 2.09 bits per heavy atom. The first-order chi connectivity index (χ1) is 5.02. The van der Waals surface area contributed by atoms with E-state index in [-0.39, 0.29) is 5.41 Å². The van der Waals surface area contributed by atoms with Crippen LogP contribution in [0.3, 0.4) is 0 Å². The third-order valence-electron chi connectivity index (χ3n) is 1.69. The molecule has 0 aliphatic heterocycles. The molecule has 2 N–H and O–H groups in total. The molecule has 0 aromatic carbocycles. The van der Waals surface area contributed by atoms with Gasteiger partial charge in [0.2, 0.25) is 0 Å². The van der Waals surface area contributed by atoms with Crippen LogP contribution < -0.4 is 5.73 Å². The van der Waals surface area contributed by atoms with Crippen LogP contribution in [0.15, 0.2) is 12.7 Å². The van der Waals surface area contributed by atoms with Gasteiger partial charge in [-0.3, -0.25) is 0 Å². The SMILES string of the molecule is C=CCN(C)CC(C)(C)CN. The second-order valence-corrected chi connectivity index (χ2v) is 3.85. The summed E-state index contributed by atoms with van der Waals surface area (Å²) in [5.74, 6) is 0. The van der Waals surface area contributed by atoms with Crippen LogP contribution in [0, 0.1) is 5.41 Å². The lowest BCUT2D eigenvalue weighted by Gasteiger charge is -2.28. The molecule has 0 unspecified atom stereocenters. The number of hydrogen-bond acceptors (Lipinski definition) is 2.